The summed E-state index contributed by atoms with van der Waals surface area (Å²) in [5, 5.41) is 1.82. The minimum atomic E-state index is -0.464. The number of hydrogen-bond acceptors (Lipinski definition) is 5. The van der Waals surface area contributed by atoms with Crippen molar-refractivity contribution in [3.8, 4) is 0 Å². The van der Waals surface area contributed by atoms with E-state index in [1.807, 2.05) is 37.6 Å². The van der Waals surface area contributed by atoms with Crippen LogP contribution in [0, 0.1) is 5.41 Å². The van der Waals surface area contributed by atoms with Gasteiger partial charge in [-0.05, 0) is 75.0 Å². The topological polar surface area (TPSA) is 55.6 Å². The van der Waals surface area contributed by atoms with Gasteiger partial charge < -0.3 is 10.6 Å². The lowest BCUT2D eigenvalue weighted by Crippen LogP contribution is -2.38. The van der Waals surface area contributed by atoms with Crippen LogP contribution in [0.1, 0.15) is 57.1 Å². The summed E-state index contributed by atoms with van der Waals surface area (Å²) < 4.78 is 0. The Morgan fingerprint density at radius 1 is 1.27 bits per heavy atom. The van der Waals surface area contributed by atoms with Crippen LogP contribution in [0.25, 0.3) is 5.57 Å². The van der Waals surface area contributed by atoms with Gasteiger partial charge in [0.2, 0.25) is 0 Å². The van der Waals surface area contributed by atoms with Crippen molar-refractivity contribution in [1.82, 2.24) is 5.06 Å². The van der Waals surface area contributed by atoms with E-state index >= 15 is 0 Å². The van der Waals surface area contributed by atoms with Crippen LogP contribution in [-0.4, -0.2) is 35.6 Å². The van der Waals surface area contributed by atoms with Gasteiger partial charge in [-0.25, -0.2) is 4.79 Å². The Morgan fingerprint density at radius 3 is 2.62 bits per heavy atom. The maximum absolute atomic E-state index is 12.1. The average Bonchev–Trinajstić information content (AvgIpc) is 2.63. The van der Waals surface area contributed by atoms with Crippen molar-refractivity contribution in [2.75, 3.05) is 30.3 Å². The van der Waals surface area contributed by atoms with E-state index in [2.05, 4.69) is 24.3 Å². The SMILES string of the molecule is CC(C)(C)C(=O)ON1CCC(c2ccc(N)c(C3=CCSCC3)c2)CC1. The number of carbonyl (C=O) groups is 1. The van der Waals surface area contributed by atoms with Crippen LogP contribution in [0.5, 0.6) is 0 Å². The number of allylic oxidation sites excluding steroid dienone is 1. The first-order chi connectivity index (χ1) is 12.3. The van der Waals surface area contributed by atoms with Gasteiger partial charge in [-0.3, -0.25) is 0 Å². The molecule has 5 heteroatoms. The van der Waals surface area contributed by atoms with Crippen LogP contribution >= 0.6 is 11.8 Å². The zero-order valence-electron chi connectivity index (χ0n) is 16.1. The molecule has 26 heavy (non-hydrogen) atoms. The van der Waals surface area contributed by atoms with E-state index in [-0.39, 0.29) is 5.97 Å². The lowest BCUT2D eigenvalue weighted by atomic mass is 9.87. The first kappa shape index (κ1) is 19.3. The second-order valence-corrected chi connectivity index (χ2v) is 9.38. The maximum Gasteiger partial charge on any atom is 0.330 e. The van der Waals surface area contributed by atoms with Crippen molar-refractivity contribution in [2.24, 2.45) is 5.41 Å². The summed E-state index contributed by atoms with van der Waals surface area (Å²) in [6, 6.07) is 6.51. The van der Waals surface area contributed by atoms with Crippen molar-refractivity contribution < 1.29 is 9.63 Å². The smallest absolute Gasteiger partial charge is 0.330 e. The maximum atomic E-state index is 12.1. The van der Waals surface area contributed by atoms with Gasteiger partial charge in [0.05, 0.1) is 5.41 Å². The standard InChI is InChI=1S/C21H30N2O2S/c1-21(2,3)20(24)25-23-10-6-15(7-11-23)17-4-5-19(22)18(14-17)16-8-12-26-13-9-16/h4-5,8,14-15H,6-7,9-13,22H2,1-3H3. The minimum absolute atomic E-state index is 0.159. The fourth-order valence-electron chi connectivity index (χ4n) is 3.41. The summed E-state index contributed by atoms with van der Waals surface area (Å²) in [5.74, 6) is 2.59. The Bertz CT molecular complexity index is 686. The van der Waals surface area contributed by atoms with Crippen LogP contribution in [0.3, 0.4) is 0 Å². The van der Waals surface area contributed by atoms with Gasteiger partial charge in [-0.15, -0.1) is 5.06 Å². The van der Waals surface area contributed by atoms with Crippen molar-refractivity contribution in [2.45, 2.75) is 46.0 Å². The summed E-state index contributed by atoms with van der Waals surface area (Å²) in [6.45, 7) is 7.22. The predicted octanol–water partition coefficient (Wildman–Crippen LogP) is 4.47. The Labute approximate surface area is 161 Å². The molecule has 1 saturated heterocycles. The third-order valence-corrected chi connectivity index (χ3v) is 6.03. The number of anilines is 1. The fraction of sp³-hybridized carbons (Fsp3) is 0.571. The molecule has 1 aromatic carbocycles. The summed E-state index contributed by atoms with van der Waals surface area (Å²) in [5.41, 5.74) is 10.6. The number of benzene rings is 1. The van der Waals surface area contributed by atoms with Crippen LogP contribution < -0.4 is 5.73 Å². The highest BCUT2D eigenvalue weighted by molar-refractivity contribution is 7.99. The molecule has 0 saturated carbocycles. The van der Waals surface area contributed by atoms with Gasteiger partial charge in [0.25, 0.3) is 0 Å². The molecule has 2 heterocycles. The molecule has 1 fully saturated rings. The number of nitrogens with zero attached hydrogens (tertiary/aromatic N) is 1. The van der Waals surface area contributed by atoms with Gasteiger partial charge >= 0.3 is 5.97 Å². The van der Waals surface area contributed by atoms with Gasteiger partial charge in [0, 0.05) is 30.1 Å². The quantitative estimate of drug-likeness (QED) is 0.791. The highest BCUT2D eigenvalue weighted by Gasteiger charge is 2.29. The lowest BCUT2D eigenvalue weighted by molar-refractivity contribution is -0.204. The van der Waals surface area contributed by atoms with E-state index in [1.54, 1.807) is 0 Å². The molecule has 0 unspecified atom stereocenters. The molecule has 0 aromatic heterocycles. The molecule has 2 N–H and O–H groups in total. The van der Waals surface area contributed by atoms with Crippen LogP contribution in [0.2, 0.25) is 0 Å². The molecule has 0 amide bonds. The zero-order valence-corrected chi connectivity index (χ0v) is 16.9. The molecule has 142 valence electrons. The molecular formula is C21H30N2O2S. The van der Waals surface area contributed by atoms with E-state index in [9.17, 15) is 4.79 Å². The highest BCUT2D eigenvalue weighted by atomic mass is 32.2. The highest BCUT2D eigenvalue weighted by Crippen LogP contribution is 2.35. The average molecular weight is 375 g/mol. The van der Waals surface area contributed by atoms with Gasteiger partial charge in [-0.2, -0.15) is 11.8 Å². The van der Waals surface area contributed by atoms with Crippen molar-refractivity contribution in [1.29, 1.82) is 0 Å². The number of piperidine rings is 1. The van der Waals surface area contributed by atoms with Gasteiger partial charge in [0.1, 0.15) is 0 Å². The Balaban J connectivity index is 1.64. The van der Waals surface area contributed by atoms with Crippen molar-refractivity contribution in [3.63, 3.8) is 0 Å². The predicted molar refractivity (Wildman–Crippen MR) is 110 cm³/mol. The van der Waals surface area contributed by atoms with E-state index < -0.39 is 5.41 Å². The summed E-state index contributed by atoms with van der Waals surface area (Å²) in [4.78, 5) is 17.6. The molecule has 3 rings (SSSR count). The molecule has 0 spiro atoms. The largest absolute Gasteiger partial charge is 0.398 e. The van der Waals surface area contributed by atoms with E-state index in [0.29, 0.717) is 5.92 Å². The monoisotopic (exact) mass is 374 g/mol. The molecule has 4 nitrogen and oxygen atoms in total. The molecule has 1 aromatic rings. The van der Waals surface area contributed by atoms with E-state index in [1.165, 1.54) is 22.5 Å². The number of nitrogen functional groups attached to an aromatic ring is 1. The number of hydrogen-bond donors (Lipinski definition) is 1. The number of carbonyl (C=O) groups excluding carboxylic acids is 1. The van der Waals surface area contributed by atoms with Gasteiger partial charge in [0.15, 0.2) is 0 Å². The van der Waals surface area contributed by atoms with E-state index in [4.69, 9.17) is 10.6 Å². The Kier molecular flexibility index (Phi) is 5.98. The zero-order chi connectivity index (χ0) is 18.7. The van der Waals surface area contributed by atoms with E-state index in [0.717, 1.165) is 43.8 Å². The molecule has 0 radical (unpaired) electrons. The fourth-order valence-corrected chi connectivity index (χ4v) is 4.26. The van der Waals surface area contributed by atoms with Gasteiger partial charge in [-0.1, -0.05) is 12.1 Å². The second kappa shape index (κ2) is 8.05. The first-order valence-corrected chi connectivity index (χ1v) is 10.6. The van der Waals surface area contributed by atoms with Crippen LogP contribution in [0.15, 0.2) is 24.3 Å². The minimum Gasteiger partial charge on any atom is -0.398 e. The molecule has 0 aliphatic carbocycles. The Hall–Kier alpha value is -1.46. The number of rotatable bonds is 3. The Morgan fingerprint density at radius 2 is 2.00 bits per heavy atom. The lowest BCUT2D eigenvalue weighted by Gasteiger charge is -2.32. The molecule has 2 aliphatic rings. The summed E-state index contributed by atoms with van der Waals surface area (Å²) in [6.07, 6.45) is 5.41. The molecular weight excluding hydrogens is 344 g/mol. The van der Waals surface area contributed by atoms with Crippen LogP contribution in [-0.2, 0) is 9.63 Å². The molecule has 0 atom stereocenters. The first-order valence-electron chi connectivity index (χ1n) is 9.48. The summed E-state index contributed by atoms with van der Waals surface area (Å²) in [7, 11) is 0. The van der Waals surface area contributed by atoms with Crippen molar-refractivity contribution in [3.05, 3.63) is 35.4 Å². The number of hydroxylamine groups is 2. The summed E-state index contributed by atoms with van der Waals surface area (Å²) >= 11 is 1.97. The third-order valence-electron chi connectivity index (χ3n) is 5.14. The van der Waals surface area contributed by atoms with Crippen LogP contribution in [0.4, 0.5) is 5.69 Å². The molecule has 2 aliphatic heterocycles. The molecule has 0 bridgehead atoms. The third kappa shape index (κ3) is 4.63. The van der Waals surface area contributed by atoms with Crippen molar-refractivity contribution >= 4 is 29.0 Å². The normalized spacial score (nSPS) is 19.9. The second-order valence-electron chi connectivity index (χ2n) is 8.23. The number of nitrogens with two attached hydrogens (primary N) is 1. The number of thioether (sulfide) groups is 1.